The lowest BCUT2D eigenvalue weighted by Crippen LogP contribution is -2.34. The van der Waals surface area contributed by atoms with Gasteiger partial charge in [-0.05, 0) is 42.2 Å². The number of carbonyl (C=O) groups excluding carboxylic acids is 3. The van der Waals surface area contributed by atoms with Crippen LogP contribution in [0.15, 0.2) is 42.5 Å². The van der Waals surface area contributed by atoms with E-state index in [1.807, 2.05) is 18.2 Å². The molecule has 7 heteroatoms. The first-order valence-electron chi connectivity index (χ1n) is 10.4. The Labute approximate surface area is 182 Å². The van der Waals surface area contributed by atoms with E-state index in [0.717, 1.165) is 16.9 Å². The zero-order chi connectivity index (χ0) is 22.4. The first kappa shape index (κ1) is 22.3. The van der Waals surface area contributed by atoms with Gasteiger partial charge < -0.3 is 14.8 Å². The van der Waals surface area contributed by atoms with E-state index < -0.39 is 0 Å². The average molecular weight is 424 g/mol. The van der Waals surface area contributed by atoms with Gasteiger partial charge in [-0.3, -0.25) is 19.3 Å². The number of ether oxygens (including phenoxy) is 2. The van der Waals surface area contributed by atoms with Crippen LogP contribution in [0, 0.1) is 5.92 Å². The highest BCUT2D eigenvalue weighted by atomic mass is 16.5. The number of hydrogen-bond acceptors (Lipinski definition) is 5. The van der Waals surface area contributed by atoms with Gasteiger partial charge in [0.1, 0.15) is 0 Å². The minimum absolute atomic E-state index is 0.0407. The van der Waals surface area contributed by atoms with Crippen LogP contribution in [-0.2, 0) is 11.3 Å². The van der Waals surface area contributed by atoms with Gasteiger partial charge >= 0.3 is 0 Å². The number of nitrogens with zero attached hydrogens (tertiary/aromatic N) is 1. The van der Waals surface area contributed by atoms with Gasteiger partial charge in [0, 0.05) is 19.5 Å². The van der Waals surface area contributed by atoms with Crippen LogP contribution in [0.5, 0.6) is 11.5 Å². The smallest absolute Gasteiger partial charge is 0.261 e. The maximum absolute atomic E-state index is 12.4. The van der Waals surface area contributed by atoms with Crippen molar-refractivity contribution >= 4 is 17.7 Å². The Morgan fingerprint density at radius 1 is 1.03 bits per heavy atom. The SMILES string of the molecule is COc1cc(CNC(=O)CCN2C(=O)c3ccccc3C2=O)ccc1OCCC(C)C. The summed E-state index contributed by atoms with van der Waals surface area (Å²) in [5, 5.41) is 2.82. The minimum atomic E-state index is -0.355. The molecule has 0 bridgehead atoms. The summed E-state index contributed by atoms with van der Waals surface area (Å²) in [6, 6.07) is 12.2. The molecule has 3 amide bonds. The Kier molecular flexibility index (Phi) is 7.28. The molecule has 164 valence electrons. The summed E-state index contributed by atoms with van der Waals surface area (Å²) in [5.41, 5.74) is 1.63. The van der Waals surface area contributed by atoms with Gasteiger partial charge in [-0.1, -0.05) is 32.0 Å². The second kappa shape index (κ2) is 10.1. The van der Waals surface area contributed by atoms with Gasteiger partial charge in [0.15, 0.2) is 11.5 Å². The monoisotopic (exact) mass is 424 g/mol. The van der Waals surface area contributed by atoms with Gasteiger partial charge in [-0.15, -0.1) is 0 Å². The van der Waals surface area contributed by atoms with Crippen LogP contribution >= 0.6 is 0 Å². The predicted octanol–water partition coefficient (Wildman–Crippen LogP) is 3.42. The highest BCUT2D eigenvalue weighted by molar-refractivity contribution is 6.21. The lowest BCUT2D eigenvalue weighted by Gasteiger charge is -2.15. The maximum Gasteiger partial charge on any atom is 0.261 e. The summed E-state index contributed by atoms with van der Waals surface area (Å²) < 4.78 is 11.2. The third-order valence-electron chi connectivity index (χ3n) is 5.11. The molecule has 0 radical (unpaired) electrons. The Hall–Kier alpha value is -3.35. The molecule has 2 aromatic carbocycles. The van der Waals surface area contributed by atoms with Gasteiger partial charge in [-0.2, -0.15) is 0 Å². The number of methoxy groups -OCH3 is 1. The first-order valence-corrected chi connectivity index (χ1v) is 10.4. The van der Waals surface area contributed by atoms with Crippen LogP contribution in [0.25, 0.3) is 0 Å². The molecular formula is C24H28N2O5. The molecule has 1 heterocycles. The highest BCUT2D eigenvalue weighted by Crippen LogP contribution is 2.28. The fourth-order valence-electron chi connectivity index (χ4n) is 3.29. The van der Waals surface area contributed by atoms with Gasteiger partial charge in [0.05, 0.1) is 24.8 Å². The van der Waals surface area contributed by atoms with E-state index in [0.29, 0.717) is 41.7 Å². The van der Waals surface area contributed by atoms with Crippen molar-refractivity contribution in [3.63, 3.8) is 0 Å². The van der Waals surface area contributed by atoms with Crippen molar-refractivity contribution in [1.29, 1.82) is 0 Å². The maximum atomic E-state index is 12.4. The van der Waals surface area contributed by atoms with Crippen molar-refractivity contribution in [2.24, 2.45) is 5.92 Å². The molecule has 2 aromatic rings. The van der Waals surface area contributed by atoms with Crippen molar-refractivity contribution in [3.05, 3.63) is 59.2 Å². The molecule has 0 unspecified atom stereocenters. The van der Waals surface area contributed by atoms with E-state index in [1.165, 1.54) is 0 Å². The Balaban J connectivity index is 1.50. The number of nitrogens with one attached hydrogen (secondary N) is 1. The van der Waals surface area contributed by atoms with E-state index in [1.54, 1.807) is 31.4 Å². The van der Waals surface area contributed by atoms with E-state index in [-0.39, 0.29) is 30.7 Å². The third-order valence-corrected chi connectivity index (χ3v) is 5.11. The van der Waals surface area contributed by atoms with Crippen molar-refractivity contribution in [2.45, 2.75) is 33.2 Å². The van der Waals surface area contributed by atoms with E-state index >= 15 is 0 Å². The topological polar surface area (TPSA) is 84.9 Å². The summed E-state index contributed by atoms with van der Waals surface area (Å²) in [7, 11) is 1.58. The molecule has 0 aliphatic carbocycles. The Morgan fingerprint density at radius 3 is 2.32 bits per heavy atom. The van der Waals surface area contributed by atoms with Crippen molar-refractivity contribution in [3.8, 4) is 11.5 Å². The summed E-state index contributed by atoms with van der Waals surface area (Å²) >= 11 is 0. The normalized spacial score (nSPS) is 12.8. The number of amides is 3. The Morgan fingerprint density at radius 2 is 1.71 bits per heavy atom. The number of rotatable bonds is 10. The summed E-state index contributed by atoms with van der Waals surface area (Å²) in [6.45, 7) is 5.25. The van der Waals surface area contributed by atoms with Crippen LogP contribution in [0.1, 0.15) is 53.0 Å². The number of benzene rings is 2. The summed E-state index contributed by atoms with van der Waals surface area (Å²) in [4.78, 5) is 38.1. The molecule has 3 rings (SSSR count). The molecule has 0 atom stereocenters. The molecule has 1 N–H and O–H groups in total. The predicted molar refractivity (Wildman–Crippen MR) is 116 cm³/mol. The molecule has 1 aliphatic rings. The zero-order valence-electron chi connectivity index (χ0n) is 18.1. The molecule has 7 nitrogen and oxygen atoms in total. The second-order valence-corrected chi connectivity index (χ2v) is 7.85. The van der Waals surface area contributed by atoms with Crippen molar-refractivity contribution in [1.82, 2.24) is 10.2 Å². The summed E-state index contributed by atoms with van der Waals surface area (Å²) in [5.74, 6) is 0.886. The molecule has 0 fully saturated rings. The molecule has 0 saturated carbocycles. The molecule has 0 aromatic heterocycles. The number of fused-ring (bicyclic) bond motifs is 1. The summed E-state index contributed by atoms with van der Waals surface area (Å²) in [6.07, 6.45) is 0.993. The lowest BCUT2D eigenvalue weighted by atomic mass is 10.1. The standard InChI is InChI=1S/C24H28N2O5/c1-16(2)11-13-31-20-9-8-17(14-21(20)30-3)15-25-22(27)10-12-26-23(28)18-6-4-5-7-19(18)24(26)29/h4-9,14,16H,10-13,15H2,1-3H3,(H,25,27). The van der Waals surface area contributed by atoms with Gasteiger partial charge in [-0.25, -0.2) is 0 Å². The fourth-order valence-corrected chi connectivity index (χ4v) is 3.29. The van der Waals surface area contributed by atoms with Gasteiger partial charge in [0.25, 0.3) is 11.8 Å². The quantitative estimate of drug-likeness (QED) is 0.591. The van der Waals surface area contributed by atoms with E-state index in [2.05, 4.69) is 19.2 Å². The zero-order valence-corrected chi connectivity index (χ0v) is 18.1. The largest absolute Gasteiger partial charge is 0.493 e. The van der Waals surface area contributed by atoms with E-state index in [4.69, 9.17) is 9.47 Å². The molecule has 0 spiro atoms. The fraction of sp³-hybridized carbons (Fsp3) is 0.375. The van der Waals surface area contributed by atoms with Crippen LogP contribution in [0.4, 0.5) is 0 Å². The van der Waals surface area contributed by atoms with Gasteiger partial charge in [0.2, 0.25) is 5.91 Å². The Bertz CT molecular complexity index is 935. The lowest BCUT2D eigenvalue weighted by molar-refractivity contribution is -0.121. The highest BCUT2D eigenvalue weighted by Gasteiger charge is 2.34. The van der Waals surface area contributed by atoms with Crippen LogP contribution in [0.3, 0.4) is 0 Å². The second-order valence-electron chi connectivity index (χ2n) is 7.85. The minimum Gasteiger partial charge on any atom is -0.493 e. The van der Waals surface area contributed by atoms with E-state index in [9.17, 15) is 14.4 Å². The third kappa shape index (κ3) is 5.42. The first-order chi connectivity index (χ1) is 14.9. The molecular weight excluding hydrogens is 396 g/mol. The van der Waals surface area contributed by atoms with Crippen LogP contribution in [0.2, 0.25) is 0 Å². The number of carbonyl (C=O) groups is 3. The molecule has 1 aliphatic heterocycles. The molecule has 31 heavy (non-hydrogen) atoms. The van der Waals surface area contributed by atoms with Crippen molar-refractivity contribution in [2.75, 3.05) is 20.3 Å². The van der Waals surface area contributed by atoms with Crippen molar-refractivity contribution < 1.29 is 23.9 Å². The average Bonchev–Trinajstić information content (AvgIpc) is 3.01. The number of imide groups is 1. The van der Waals surface area contributed by atoms with Crippen LogP contribution < -0.4 is 14.8 Å². The molecule has 0 saturated heterocycles. The number of hydrogen-bond donors (Lipinski definition) is 1. The van der Waals surface area contributed by atoms with Crippen LogP contribution in [-0.4, -0.2) is 42.9 Å².